The van der Waals surface area contributed by atoms with Crippen molar-refractivity contribution in [1.82, 2.24) is 0 Å². The topological polar surface area (TPSA) is 183 Å². The Morgan fingerprint density at radius 1 is 0.812 bits per heavy atom. The van der Waals surface area contributed by atoms with Crippen molar-refractivity contribution in [3.8, 4) is 0 Å². The molecule has 12 heteroatoms. The van der Waals surface area contributed by atoms with Gasteiger partial charge in [0.05, 0.1) is 24.4 Å². The molecule has 0 amide bonds. The molecule has 1 saturated heterocycles. The minimum absolute atomic E-state index is 0.0221. The zero-order valence-electron chi connectivity index (χ0n) is 30.1. The van der Waals surface area contributed by atoms with E-state index in [0.29, 0.717) is 24.7 Å². The lowest BCUT2D eigenvalue weighted by Gasteiger charge is -2.74. The second kappa shape index (κ2) is 11.8. The highest BCUT2D eigenvalue weighted by Crippen LogP contribution is 2.77. The van der Waals surface area contributed by atoms with Crippen LogP contribution in [0.2, 0.25) is 0 Å². The smallest absolute Gasteiger partial charge is 0.394 e. The summed E-state index contributed by atoms with van der Waals surface area (Å²) in [6.45, 7) is 17.5. The number of hydrogen-bond acceptors (Lipinski definition) is 10. The van der Waals surface area contributed by atoms with E-state index in [1.165, 1.54) is 0 Å². The molecule has 1 heterocycles. The summed E-state index contributed by atoms with van der Waals surface area (Å²) in [6, 6.07) is 0. The van der Waals surface area contributed by atoms with E-state index in [1.54, 1.807) is 0 Å². The van der Waals surface area contributed by atoms with Crippen LogP contribution in [0, 0.1) is 56.7 Å². The van der Waals surface area contributed by atoms with E-state index in [9.17, 15) is 38.5 Å². The molecule has 17 atom stereocenters. The third kappa shape index (κ3) is 5.32. The Labute approximate surface area is 287 Å². The van der Waals surface area contributed by atoms with Crippen molar-refractivity contribution in [3.05, 3.63) is 0 Å². The van der Waals surface area contributed by atoms with Gasteiger partial charge in [0.1, 0.15) is 18.3 Å². The van der Waals surface area contributed by atoms with E-state index in [4.69, 9.17) is 13.7 Å². The van der Waals surface area contributed by atoms with E-state index in [1.807, 2.05) is 6.92 Å². The molecule has 0 spiro atoms. The van der Waals surface area contributed by atoms with Gasteiger partial charge in [0.25, 0.3) is 0 Å². The molecule has 278 valence electrons. The molecule has 6 fully saturated rings. The monoisotopic (exact) mass is 702 g/mol. The number of aliphatic hydroxyl groups excluding tert-OH is 4. The minimum Gasteiger partial charge on any atom is -0.394 e. The first-order valence-corrected chi connectivity index (χ1v) is 19.7. The summed E-state index contributed by atoms with van der Waals surface area (Å²) in [7, 11) is -5.02. The van der Waals surface area contributed by atoms with Crippen LogP contribution in [0.3, 0.4) is 0 Å². The molecule has 6 N–H and O–H groups in total. The molecule has 5 saturated carbocycles. The lowest BCUT2D eigenvalue weighted by atomic mass is 9.31. The molecular formula is C36H62O11S. The summed E-state index contributed by atoms with van der Waals surface area (Å²) < 4.78 is 49.9. The maximum absolute atomic E-state index is 12.0. The molecule has 11 nitrogen and oxygen atoms in total. The average Bonchev–Trinajstić information content (AvgIpc) is 2.97. The first kappa shape index (κ1) is 37.4. The molecule has 5 aliphatic carbocycles. The first-order valence-electron chi connectivity index (χ1n) is 18.3. The summed E-state index contributed by atoms with van der Waals surface area (Å²) in [6.07, 6.45) is -0.755. The number of fused-ring (bicyclic) bond motifs is 7. The SMILES string of the molecule is C[C@H]1[C@H]2[C@H]3CC[C@@H]4[C@@]5(C)CC[C@H](O[C@@H]6O[C@H](CO)[C@@H](O)[C@H](O)[C@H]6OS(=O)(=O)O)C(C)(C)[C@@H]5CC[C@@]4(C)[C@]3(C)C[C@@H](O)[C@@]2(C)CC[C@]1(C)O. The zero-order valence-corrected chi connectivity index (χ0v) is 30.9. The van der Waals surface area contributed by atoms with Gasteiger partial charge in [-0.05, 0) is 121 Å². The van der Waals surface area contributed by atoms with Gasteiger partial charge in [-0.15, -0.1) is 0 Å². The van der Waals surface area contributed by atoms with Crippen LogP contribution in [0.4, 0.5) is 0 Å². The van der Waals surface area contributed by atoms with E-state index < -0.39 is 70.9 Å². The molecule has 0 radical (unpaired) electrons. The molecule has 0 aromatic carbocycles. The zero-order chi connectivity index (χ0) is 35.6. The molecule has 0 aromatic rings. The summed E-state index contributed by atoms with van der Waals surface area (Å²) in [5.41, 5.74) is -1.52. The number of ether oxygens (including phenoxy) is 2. The van der Waals surface area contributed by atoms with Crippen LogP contribution in [-0.4, -0.2) is 93.6 Å². The minimum atomic E-state index is -5.02. The fraction of sp³-hybridized carbons (Fsp3) is 1.00. The quantitative estimate of drug-likeness (QED) is 0.181. The maximum atomic E-state index is 12.0. The van der Waals surface area contributed by atoms with Crippen molar-refractivity contribution >= 4 is 10.4 Å². The van der Waals surface area contributed by atoms with Crippen LogP contribution in [-0.2, 0) is 24.1 Å². The molecular weight excluding hydrogens is 640 g/mol. The predicted molar refractivity (Wildman–Crippen MR) is 177 cm³/mol. The van der Waals surface area contributed by atoms with Crippen molar-refractivity contribution in [2.75, 3.05) is 6.61 Å². The van der Waals surface area contributed by atoms with Crippen LogP contribution in [0.5, 0.6) is 0 Å². The highest BCUT2D eigenvalue weighted by atomic mass is 32.3. The summed E-state index contributed by atoms with van der Waals surface area (Å²) in [5.74, 6) is 1.38. The highest BCUT2D eigenvalue weighted by molar-refractivity contribution is 7.80. The summed E-state index contributed by atoms with van der Waals surface area (Å²) in [4.78, 5) is 0. The lowest BCUT2D eigenvalue weighted by molar-refractivity contribution is -0.329. The van der Waals surface area contributed by atoms with Gasteiger partial charge < -0.3 is 35.0 Å². The Morgan fingerprint density at radius 2 is 1.48 bits per heavy atom. The van der Waals surface area contributed by atoms with Gasteiger partial charge >= 0.3 is 10.4 Å². The predicted octanol–water partition coefficient (Wildman–Crippen LogP) is 3.84. The normalized spacial score (nSPS) is 56.7. The van der Waals surface area contributed by atoms with Crippen molar-refractivity contribution in [2.24, 2.45) is 56.7 Å². The molecule has 0 bridgehead atoms. The Balaban J connectivity index is 1.28. The van der Waals surface area contributed by atoms with Gasteiger partial charge in [-0.1, -0.05) is 48.5 Å². The number of hydrogen-bond donors (Lipinski definition) is 6. The lowest BCUT2D eigenvalue weighted by Crippen LogP contribution is -2.70. The Kier molecular flexibility index (Phi) is 9.18. The van der Waals surface area contributed by atoms with E-state index >= 15 is 0 Å². The largest absolute Gasteiger partial charge is 0.397 e. The second-order valence-electron chi connectivity index (χ2n) is 18.7. The van der Waals surface area contributed by atoms with Crippen molar-refractivity contribution in [3.63, 3.8) is 0 Å². The molecule has 6 aliphatic rings. The van der Waals surface area contributed by atoms with Gasteiger partial charge in [0.15, 0.2) is 12.4 Å². The maximum Gasteiger partial charge on any atom is 0.397 e. The van der Waals surface area contributed by atoms with Gasteiger partial charge in [-0.25, -0.2) is 4.18 Å². The first-order chi connectivity index (χ1) is 22.0. The second-order valence-corrected chi connectivity index (χ2v) is 19.8. The number of aliphatic hydroxyl groups is 5. The third-order valence-corrected chi connectivity index (χ3v) is 17.0. The number of rotatable bonds is 5. The Hall–Kier alpha value is -0.410. The van der Waals surface area contributed by atoms with Crippen LogP contribution < -0.4 is 0 Å². The van der Waals surface area contributed by atoms with Crippen LogP contribution in [0.15, 0.2) is 0 Å². The van der Waals surface area contributed by atoms with Gasteiger partial charge in [-0.2, -0.15) is 8.42 Å². The Morgan fingerprint density at radius 3 is 2.10 bits per heavy atom. The van der Waals surface area contributed by atoms with Gasteiger partial charge in [0, 0.05) is 0 Å². The molecule has 6 rings (SSSR count). The van der Waals surface area contributed by atoms with E-state index in [0.717, 1.165) is 44.9 Å². The molecule has 0 unspecified atom stereocenters. The van der Waals surface area contributed by atoms with E-state index in [2.05, 4.69) is 48.5 Å². The van der Waals surface area contributed by atoms with Gasteiger partial charge in [0.2, 0.25) is 0 Å². The van der Waals surface area contributed by atoms with Gasteiger partial charge in [-0.3, -0.25) is 4.55 Å². The standard InChI is InChI=1S/C36H62O11S/c1-19-26-20-9-10-23-32(4)13-12-25(46-30-29(47-48(42,43)44)28(40)27(39)21(18-37)45-30)31(2,3)22(32)11-14-34(23,6)35(20,7)17-24(38)33(26,5)15-16-36(19,8)41/h19-30,37-41H,9-18H2,1-8H3,(H,42,43,44)/t19-,20+,21+,22-,23+,24+,25-,26-,27+,28-,29+,30-,32-,33+,34+,35+,36-/m0/s1. The molecule has 1 aliphatic heterocycles. The van der Waals surface area contributed by atoms with E-state index in [-0.39, 0.29) is 39.4 Å². The van der Waals surface area contributed by atoms with Crippen LogP contribution in [0.1, 0.15) is 113 Å². The molecule has 0 aromatic heterocycles. The summed E-state index contributed by atoms with van der Waals surface area (Å²) >= 11 is 0. The fourth-order valence-electron chi connectivity index (χ4n) is 13.4. The summed E-state index contributed by atoms with van der Waals surface area (Å²) in [5, 5.41) is 54.4. The molecule has 48 heavy (non-hydrogen) atoms. The highest BCUT2D eigenvalue weighted by Gasteiger charge is 2.72. The van der Waals surface area contributed by atoms with Crippen molar-refractivity contribution < 1.29 is 52.2 Å². The van der Waals surface area contributed by atoms with Crippen LogP contribution in [0.25, 0.3) is 0 Å². The van der Waals surface area contributed by atoms with Crippen LogP contribution >= 0.6 is 0 Å². The average molecular weight is 703 g/mol. The fourth-order valence-corrected chi connectivity index (χ4v) is 13.9. The van der Waals surface area contributed by atoms with Crippen molar-refractivity contribution in [2.45, 2.75) is 162 Å². The Bertz CT molecular complexity index is 1340. The van der Waals surface area contributed by atoms with Crippen molar-refractivity contribution in [1.29, 1.82) is 0 Å². The third-order valence-electron chi connectivity index (χ3n) is 16.5.